The summed E-state index contributed by atoms with van der Waals surface area (Å²) in [5, 5.41) is 3.01. The molecule has 3 rings (SSSR count). The highest BCUT2D eigenvalue weighted by atomic mass is 32.2. The molecule has 1 aliphatic rings. The van der Waals surface area contributed by atoms with Gasteiger partial charge in [0.2, 0.25) is 10.0 Å². The van der Waals surface area contributed by atoms with E-state index in [4.69, 9.17) is 4.74 Å². The highest BCUT2D eigenvalue weighted by Gasteiger charge is 2.30. The van der Waals surface area contributed by atoms with Crippen LogP contribution in [-0.4, -0.2) is 45.1 Å². The quantitative estimate of drug-likeness (QED) is 0.700. The summed E-state index contributed by atoms with van der Waals surface area (Å²) in [6.45, 7) is 3.33. The van der Waals surface area contributed by atoms with Crippen LogP contribution in [-0.2, 0) is 21.2 Å². The highest BCUT2D eigenvalue weighted by Crippen LogP contribution is 2.20. The molecule has 1 saturated heterocycles. The molecule has 2 aromatic rings. The van der Waals surface area contributed by atoms with Crippen LogP contribution in [0, 0.1) is 5.92 Å². The number of pyridine rings is 1. The Bertz CT molecular complexity index is 885. The molecule has 1 aliphatic heterocycles. The maximum Gasteiger partial charge on any atom is 0.251 e. The van der Waals surface area contributed by atoms with Crippen LogP contribution in [0.4, 0.5) is 0 Å². The van der Waals surface area contributed by atoms with Gasteiger partial charge < -0.3 is 10.1 Å². The maximum atomic E-state index is 12.6. The highest BCUT2D eigenvalue weighted by molar-refractivity contribution is 7.89. The Hall–Kier alpha value is -2.29. The van der Waals surface area contributed by atoms with Gasteiger partial charge in [-0.25, -0.2) is 13.1 Å². The number of aromatic nitrogens is 1. The number of amides is 1. The summed E-state index contributed by atoms with van der Waals surface area (Å²) in [4.78, 5) is 16.8. The lowest BCUT2D eigenvalue weighted by Crippen LogP contribution is -2.40. The summed E-state index contributed by atoms with van der Waals surface area (Å²) < 4.78 is 32.3. The van der Waals surface area contributed by atoms with Gasteiger partial charge >= 0.3 is 0 Å². The van der Waals surface area contributed by atoms with Crippen LogP contribution < -0.4 is 10.0 Å². The third kappa shape index (κ3) is 5.15. The van der Waals surface area contributed by atoms with Crippen LogP contribution in [0.5, 0.6) is 0 Å². The topological polar surface area (TPSA) is 97.4 Å². The van der Waals surface area contributed by atoms with Gasteiger partial charge in [0.1, 0.15) is 0 Å². The van der Waals surface area contributed by atoms with E-state index in [2.05, 4.69) is 15.0 Å². The molecule has 0 saturated carbocycles. The van der Waals surface area contributed by atoms with Crippen molar-refractivity contribution in [2.75, 3.05) is 19.8 Å². The normalized spacial score (nSPS) is 19.5. The minimum Gasteiger partial charge on any atom is -0.379 e. The SMILES string of the molecule is CCCNS(=O)(=O)c1ccc(C(=O)N[C@@H]2COC[C@H]2Cc2ccncc2)cc1. The molecule has 28 heavy (non-hydrogen) atoms. The predicted molar refractivity (Wildman–Crippen MR) is 105 cm³/mol. The third-order valence-electron chi connectivity index (χ3n) is 4.73. The smallest absolute Gasteiger partial charge is 0.251 e. The molecule has 0 aliphatic carbocycles. The molecular formula is C20H25N3O4S. The zero-order valence-electron chi connectivity index (χ0n) is 15.8. The number of carbonyl (C=O) groups excluding carboxylic acids is 1. The number of nitrogens with zero attached hydrogens (tertiary/aromatic N) is 1. The van der Waals surface area contributed by atoms with E-state index in [1.165, 1.54) is 24.3 Å². The fraction of sp³-hybridized carbons (Fsp3) is 0.400. The number of sulfonamides is 1. The first-order valence-corrected chi connectivity index (χ1v) is 10.8. The van der Waals surface area contributed by atoms with Crippen molar-refractivity contribution < 1.29 is 17.9 Å². The summed E-state index contributed by atoms with van der Waals surface area (Å²) >= 11 is 0. The summed E-state index contributed by atoms with van der Waals surface area (Å²) in [5.74, 6) is -0.0510. The van der Waals surface area contributed by atoms with Crippen LogP contribution in [0.2, 0.25) is 0 Å². The monoisotopic (exact) mass is 403 g/mol. The van der Waals surface area contributed by atoms with E-state index in [9.17, 15) is 13.2 Å². The molecular weight excluding hydrogens is 378 g/mol. The van der Waals surface area contributed by atoms with Crippen LogP contribution in [0.25, 0.3) is 0 Å². The second-order valence-corrected chi connectivity index (χ2v) is 8.63. The molecule has 8 heteroatoms. The lowest BCUT2D eigenvalue weighted by molar-refractivity contribution is 0.0925. The first-order valence-electron chi connectivity index (χ1n) is 9.37. The van der Waals surface area contributed by atoms with Crippen molar-refractivity contribution in [1.82, 2.24) is 15.0 Å². The van der Waals surface area contributed by atoms with Crippen LogP contribution in [0.15, 0.2) is 53.7 Å². The molecule has 150 valence electrons. The van der Waals surface area contributed by atoms with E-state index in [0.717, 1.165) is 12.0 Å². The van der Waals surface area contributed by atoms with Gasteiger partial charge in [-0.05, 0) is 54.8 Å². The number of ether oxygens (including phenoxy) is 1. The minimum atomic E-state index is -3.54. The van der Waals surface area contributed by atoms with E-state index in [0.29, 0.717) is 31.7 Å². The van der Waals surface area contributed by atoms with E-state index < -0.39 is 10.0 Å². The number of nitrogens with one attached hydrogen (secondary N) is 2. The van der Waals surface area contributed by atoms with Gasteiger partial charge in [0.05, 0.1) is 24.2 Å². The van der Waals surface area contributed by atoms with Crippen molar-refractivity contribution in [2.24, 2.45) is 5.92 Å². The molecule has 0 spiro atoms. The number of carbonyl (C=O) groups is 1. The summed E-state index contributed by atoms with van der Waals surface area (Å²) in [5.41, 5.74) is 1.57. The molecule has 1 aromatic heterocycles. The zero-order chi connectivity index (χ0) is 20.0. The fourth-order valence-corrected chi connectivity index (χ4v) is 4.27. The van der Waals surface area contributed by atoms with Crippen LogP contribution in [0.3, 0.4) is 0 Å². The Balaban J connectivity index is 1.62. The Labute approximate surface area is 165 Å². The first-order chi connectivity index (χ1) is 13.5. The Morgan fingerprint density at radius 1 is 1.14 bits per heavy atom. The molecule has 7 nitrogen and oxygen atoms in total. The lowest BCUT2D eigenvalue weighted by atomic mass is 9.95. The summed E-state index contributed by atoms with van der Waals surface area (Å²) in [6, 6.07) is 9.80. The summed E-state index contributed by atoms with van der Waals surface area (Å²) in [7, 11) is -3.54. The number of rotatable bonds is 8. The average molecular weight is 404 g/mol. The molecule has 2 heterocycles. The Morgan fingerprint density at radius 2 is 1.86 bits per heavy atom. The van der Waals surface area contributed by atoms with Gasteiger partial charge in [-0.3, -0.25) is 9.78 Å². The van der Waals surface area contributed by atoms with Gasteiger partial charge in [0.15, 0.2) is 0 Å². The van der Waals surface area contributed by atoms with Crippen LogP contribution in [0.1, 0.15) is 29.3 Å². The molecule has 1 amide bonds. The van der Waals surface area contributed by atoms with E-state index in [1.54, 1.807) is 12.4 Å². The zero-order valence-corrected chi connectivity index (χ0v) is 16.6. The second-order valence-electron chi connectivity index (χ2n) is 6.86. The number of hydrogen-bond donors (Lipinski definition) is 2. The largest absolute Gasteiger partial charge is 0.379 e. The molecule has 0 bridgehead atoms. The molecule has 2 N–H and O–H groups in total. The van der Waals surface area contributed by atoms with E-state index in [-0.39, 0.29) is 22.8 Å². The van der Waals surface area contributed by atoms with Crippen LogP contribution >= 0.6 is 0 Å². The fourth-order valence-electron chi connectivity index (χ4n) is 3.14. The standard InChI is InChI=1S/C20H25N3O4S/c1-2-9-22-28(25,26)18-5-3-16(4-6-18)20(24)23-19-14-27-13-17(19)12-15-7-10-21-11-8-15/h3-8,10-11,17,19,22H,2,9,12-14H2,1H3,(H,23,24)/t17-,19-/m1/s1. The third-order valence-corrected chi connectivity index (χ3v) is 6.21. The average Bonchev–Trinajstić information content (AvgIpc) is 3.14. The minimum absolute atomic E-state index is 0.0877. The lowest BCUT2D eigenvalue weighted by Gasteiger charge is -2.19. The van der Waals surface area contributed by atoms with Gasteiger partial charge in [-0.15, -0.1) is 0 Å². The molecule has 1 fully saturated rings. The Kier molecular flexibility index (Phi) is 6.77. The molecule has 1 aromatic carbocycles. The predicted octanol–water partition coefficient (Wildman–Crippen LogP) is 1.76. The van der Waals surface area contributed by atoms with Gasteiger partial charge in [0.25, 0.3) is 5.91 Å². The Morgan fingerprint density at radius 3 is 2.54 bits per heavy atom. The van der Waals surface area contributed by atoms with E-state index >= 15 is 0 Å². The van der Waals surface area contributed by atoms with Crippen molar-refractivity contribution >= 4 is 15.9 Å². The molecule has 0 unspecified atom stereocenters. The van der Waals surface area contributed by atoms with Crippen molar-refractivity contribution in [2.45, 2.75) is 30.7 Å². The van der Waals surface area contributed by atoms with Crippen molar-refractivity contribution in [3.8, 4) is 0 Å². The second kappa shape index (κ2) is 9.27. The number of hydrogen-bond acceptors (Lipinski definition) is 5. The van der Waals surface area contributed by atoms with E-state index in [1.807, 2.05) is 19.1 Å². The van der Waals surface area contributed by atoms with Crippen molar-refractivity contribution in [3.63, 3.8) is 0 Å². The molecule has 2 atom stereocenters. The van der Waals surface area contributed by atoms with Gasteiger partial charge in [-0.1, -0.05) is 6.92 Å². The van der Waals surface area contributed by atoms with Crippen molar-refractivity contribution in [3.05, 3.63) is 59.9 Å². The van der Waals surface area contributed by atoms with Crippen molar-refractivity contribution in [1.29, 1.82) is 0 Å². The van der Waals surface area contributed by atoms with Gasteiger partial charge in [0, 0.05) is 30.4 Å². The first kappa shape index (κ1) is 20.4. The summed E-state index contributed by atoms with van der Waals surface area (Å²) in [6.07, 6.45) is 5.02. The van der Waals surface area contributed by atoms with Gasteiger partial charge in [-0.2, -0.15) is 0 Å². The molecule has 0 radical (unpaired) electrons. The number of benzene rings is 1. The maximum absolute atomic E-state index is 12.6.